The molecule has 0 radical (unpaired) electrons. The van der Waals surface area contributed by atoms with E-state index in [2.05, 4.69) is 16.9 Å². The van der Waals surface area contributed by atoms with Crippen LogP contribution in [0.1, 0.15) is 33.7 Å². The lowest BCUT2D eigenvalue weighted by molar-refractivity contribution is -0.113. The van der Waals surface area contributed by atoms with Crippen molar-refractivity contribution in [2.75, 3.05) is 11.1 Å². The van der Waals surface area contributed by atoms with Crippen LogP contribution in [0.25, 0.3) is 10.2 Å². The van der Waals surface area contributed by atoms with Crippen molar-refractivity contribution in [3.63, 3.8) is 0 Å². The Balaban J connectivity index is 1.29. The van der Waals surface area contributed by atoms with Crippen molar-refractivity contribution in [1.29, 1.82) is 0 Å². The first-order valence-corrected chi connectivity index (χ1v) is 14.8. The number of aryl methyl sites for hydroxylation is 2. The van der Waals surface area contributed by atoms with Crippen LogP contribution >= 0.6 is 57.6 Å². The van der Waals surface area contributed by atoms with Crippen LogP contribution in [0.4, 0.5) is 5.13 Å². The molecule has 0 atom stereocenters. The summed E-state index contributed by atoms with van der Waals surface area (Å²) in [4.78, 5) is 38.1. The van der Waals surface area contributed by atoms with E-state index in [9.17, 15) is 9.59 Å². The summed E-state index contributed by atoms with van der Waals surface area (Å²) in [5.41, 5.74) is 2.01. The zero-order valence-electron chi connectivity index (χ0n) is 19.2. The van der Waals surface area contributed by atoms with E-state index >= 15 is 0 Å². The van der Waals surface area contributed by atoms with E-state index in [0.717, 1.165) is 51.9 Å². The maximum absolute atomic E-state index is 13.3. The van der Waals surface area contributed by atoms with Gasteiger partial charge in [-0.3, -0.25) is 14.2 Å². The summed E-state index contributed by atoms with van der Waals surface area (Å²) in [6.07, 6.45) is 8.15. The second kappa shape index (κ2) is 11.1. The molecule has 6 nitrogen and oxygen atoms in total. The Morgan fingerprint density at radius 2 is 2.08 bits per heavy atom. The number of benzene rings is 1. The van der Waals surface area contributed by atoms with Crippen molar-refractivity contribution in [2.24, 2.45) is 0 Å². The lowest BCUT2D eigenvalue weighted by Gasteiger charge is -2.12. The summed E-state index contributed by atoms with van der Waals surface area (Å²) in [7, 11) is 0. The molecule has 36 heavy (non-hydrogen) atoms. The number of amides is 1. The topological polar surface area (TPSA) is 76.9 Å². The zero-order valence-corrected chi connectivity index (χ0v) is 23.1. The van der Waals surface area contributed by atoms with E-state index in [1.807, 2.05) is 6.07 Å². The van der Waals surface area contributed by atoms with Gasteiger partial charge in [-0.2, -0.15) is 0 Å². The number of halogens is 2. The number of fused-ring (bicyclic) bond motifs is 3. The Kier molecular flexibility index (Phi) is 7.83. The van der Waals surface area contributed by atoms with Gasteiger partial charge in [-0.1, -0.05) is 41.0 Å². The van der Waals surface area contributed by atoms with Gasteiger partial charge in [-0.05, 0) is 55.0 Å². The summed E-state index contributed by atoms with van der Waals surface area (Å²) >= 11 is 16.6. The van der Waals surface area contributed by atoms with Gasteiger partial charge in [0.2, 0.25) is 5.91 Å². The molecule has 0 saturated heterocycles. The Hall–Kier alpha value is -2.17. The normalized spacial score (nSPS) is 13.1. The van der Waals surface area contributed by atoms with Crippen molar-refractivity contribution in [3.8, 4) is 0 Å². The standard InChI is InChI=1S/C25H22Cl2N4O2S3/c1-2-9-31-23(33)21-17-5-3-4-6-19(17)36-22(21)30-25(31)34-13-20(32)29-24-28-12-16(35-24)11-14-10-15(26)7-8-18(14)27/h2,7-8,10,12H,1,3-6,9,11,13H2,(H,28,29,32). The summed E-state index contributed by atoms with van der Waals surface area (Å²) < 4.78 is 1.62. The molecule has 186 valence electrons. The van der Waals surface area contributed by atoms with Crippen LogP contribution in [0.3, 0.4) is 0 Å². The van der Waals surface area contributed by atoms with Gasteiger partial charge in [0, 0.05) is 39.0 Å². The van der Waals surface area contributed by atoms with E-state index in [4.69, 9.17) is 28.2 Å². The molecule has 1 amide bonds. The Morgan fingerprint density at radius 3 is 2.92 bits per heavy atom. The third-order valence-electron chi connectivity index (χ3n) is 5.86. The number of thiophene rings is 1. The Bertz CT molecular complexity index is 1530. The molecule has 1 aliphatic carbocycles. The molecule has 4 aromatic rings. The maximum atomic E-state index is 13.3. The number of allylic oxidation sites excluding steroid dienone is 1. The van der Waals surface area contributed by atoms with Crippen molar-refractivity contribution < 1.29 is 4.79 Å². The van der Waals surface area contributed by atoms with E-state index in [0.29, 0.717) is 33.3 Å². The average Bonchev–Trinajstić information content (AvgIpc) is 3.46. The molecule has 5 rings (SSSR count). The molecule has 1 N–H and O–H groups in total. The number of hydrogen-bond acceptors (Lipinski definition) is 7. The molecule has 3 heterocycles. The molecule has 11 heteroatoms. The number of rotatable bonds is 8. The fourth-order valence-electron chi connectivity index (χ4n) is 4.22. The van der Waals surface area contributed by atoms with E-state index in [1.165, 1.54) is 28.0 Å². The van der Waals surface area contributed by atoms with Gasteiger partial charge in [-0.15, -0.1) is 29.3 Å². The van der Waals surface area contributed by atoms with E-state index < -0.39 is 0 Å². The number of nitrogens with zero attached hydrogens (tertiary/aromatic N) is 3. The van der Waals surface area contributed by atoms with Crippen LogP contribution in [-0.2, 0) is 30.6 Å². The highest BCUT2D eigenvalue weighted by Crippen LogP contribution is 2.35. The first-order valence-electron chi connectivity index (χ1n) is 11.4. The largest absolute Gasteiger partial charge is 0.301 e. The maximum Gasteiger partial charge on any atom is 0.263 e. The minimum Gasteiger partial charge on any atom is -0.301 e. The van der Waals surface area contributed by atoms with Crippen LogP contribution in [0.2, 0.25) is 10.0 Å². The summed E-state index contributed by atoms with van der Waals surface area (Å²) in [6.45, 7) is 4.14. The number of aromatic nitrogens is 3. The molecular weight excluding hydrogens is 555 g/mol. The number of carbonyl (C=O) groups is 1. The van der Waals surface area contributed by atoms with Crippen molar-refractivity contribution in [3.05, 3.63) is 78.3 Å². The first-order chi connectivity index (χ1) is 17.4. The Labute approximate surface area is 230 Å². The highest BCUT2D eigenvalue weighted by atomic mass is 35.5. The van der Waals surface area contributed by atoms with Gasteiger partial charge in [-0.25, -0.2) is 9.97 Å². The number of thioether (sulfide) groups is 1. The highest BCUT2D eigenvalue weighted by molar-refractivity contribution is 7.99. The van der Waals surface area contributed by atoms with Crippen LogP contribution < -0.4 is 10.9 Å². The summed E-state index contributed by atoms with van der Waals surface area (Å²) in [6, 6.07) is 5.34. The van der Waals surface area contributed by atoms with Gasteiger partial charge >= 0.3 is 0 Å². The minimum absolute atomic E-state index is 0.0496. The molecule has 0 aliphatic heterocycles. The van der Waals surface area contributed by atoms with Gasteiger partial charge in [0.15, 0.2) is 10.3 Å². The Morgan fingerprint density at radius 1 is 1.25 bits per heavy atom. The van der Waals surface area contributed by atoms with Crippen molar-refractivity contribution in [2.45, 2.75) is 43.8 Å². The second-order valence-electron chi connectivity index (χ2n) is 8.37. The van der Waals surface area contributed by atoms with Crippen molar-refractivity contribution in [1.82, 2.24) is 14.5 Å². The van der Waals surface area contributed by atoms with Crippen LogP contribution in [-0.4, -0.2) is 26.2 Å². The highest BCUT2D eigenvalue weighted by Gasteiger charge is 2.22. The molecule has 0 saturated carbocycles. The smallest absolute Gasteiger partial charge is 0.263 e. The van der Waals surface area contributed by atoms with Crippen LogP contribution in [0, 0.1) is 0 Å². The average molecular weight is 578 g/mol. The lowest BCUT2D eigenvalue weighted by Crippen LogP contribution is -2.24. The number of anilines is 1. The predicted octanol–water partition coefficient (Wildman–Crippen LogP) is 6.61. The summed E-state index contributed by atoms with van der Waals surface area (Å²) in [5.74, 6) is -0.110. The molecule has 3 aromatic heterocycles. The third-order valence-corrected chi connectivity index (χ3v) is 9.53. The lowest BCUT2D eigenvalue weighted by atomic mass is 9.97. The van der Waals surface area contributed by atoms with Crippen LogP contribution in [0.5, 0.6) is 0 Å². The van der Waals surface area contributed by atoms with Crippen molar-refractivity contribution >= 4 is 78.9 Å². The molecule has 0 fully saturated rings. The number of thiazole rings is 1. The monoisotopic (exact) mass is 576 g/mol. The van der Waals surface area contributed by atoms with Crippen LogP contribution in [0.15, 0.2) is 47.0 Å². The molecule has 0 bridgehead atoms. The fraction of sp³-hybridized carbons (Fsp3) is 0.280. The quantitative estimate of drug-likeness (QED) is 0.145. The van der Waals surface area contributed by atoms with Gasteiger partial charge in [0.25, 0.3) is 5.56 Å². The molecule has 1 aromatic carbocycles. The zero-order chi connectivity index (χ0) is 25.2. The van der Waals surface area contributed by atoms with Gasteiger partial charge < -0.3 is 5.32 Å². The second-order valence-corrected chi connectivity index (χ2v) is 12.4. The third kappa shape index (κ3) is 5.40. The number of carbonyl (C=O) groups excluding carboxylic acids is 1. The first kappa shape index (κ1) is 25.5. The van der Waals surface area contributed by atoms with Gasteiger partial charge in [0.1, 0.15) is 4.83 Å². The molecule has 0 unspecified atom stereocenters. The van der Waals surface area contributed by atoms with E-state index in [1.54, 1.807) is 40.3 Å². The molecule has 0 spiro atoms. The number of hydrogen-bond donors (Lipinski definition) is 1. The van der Waals surface area contributed by atoms with Gasteiger partial charge in [0.05, 0.1) is 11.1 Å². The predicted molar refractivity (Wildman–Crippen MR) is 151 cm³/mol. The molecule has 1 aliphatic rings. The summed E-state index contributed by atoms with van der Waals surface area (Å²) in [5, 5.41) is 5.87. The van der Waals surface area contributed by atoms with E-state index in [-0.39, 0.29) is 17.2 Å². The number of nitrogens with one attached hydrogen (secondary N) is 1. The minimum atomic E-state index is -0.216. The SMILES string of the molecule is C=CCn1c(SCC(=O)Nc2ncc(Cc3cc(Cl)ccc3Cl)s2)nc2sc3c(c2c1=O)CCCC3. The fourth-order valence-corrected chi connectivity index (χ4v) is 7.56. The molecular formula is C25H22Cl2N4O2S3.